The molecule has 2 N–H and O–H groups in total. The minimum atomic E-state index is -1.09. The molecule has 0 radical (unpaired) electrons. The summed E-state index contributed by atoms with van der Waals surface area (Å²) in [4.78, 5) is 21.7. The van der Waals surface area contributed by atoms with Crippen molar-refractivity contribution < 1.29 is 14.7 Å². The first-order valence-corrected chi connectivity index (χ1v) is 6.27. The van der Waals surface area contributed by atoms with E-state index in [1.54, 1.807) is 0 Å². The smallest absolute Gasteiger partial charge is 0.328 e. The number of fused-ring (bicyclic) bond motifs is 2. The molecular formula is C13H19NO3. The van der Waals surface area contributed by atoms with E-state index in [4.69, 9.17) is 5.11 Å². The Bertz CT molecular complexity index is 351. The van der Waals surface area contributed by atoms with Gasteiger partial charge >= 0.3 is 5.97 Å². The van der Waals surface area contributed by atoms with E-state index in [2.05, 4.69) is 5.32 Å². The van der Waals surface area contributed by atoms with E-state index in [1.807, 2.05) is 6.92 Å². The predicted molar refractivity (Wildman–Crippen MR) is 63.3 cm³/mol. The Morgan fingerprint density at radius 2 is 2.06 bits per heavy atom. The van der Waals surface area contributed by atoms with E-state index in [9.17, 15) is 9.59 Å². The lowest BCUT2D eigenvalue weighted by atomic mass is 9.84. The summed E-state index contributed by atoms with van der Waals surface area (Å²) >= 11 is 0. The maximum atomic E-state index is 11.5. The molecule has 2 rings (SSSR count). The lowest BCUT2D eigenvalue weighted by Crippen LogP contribution is -2.39. The van der Waals surface area contributed by atoms with Crippen LogP contribution in [-0.4, -0.2) is 23.0 Å². The number of aliphatic carboxylic acids is 1. The van der Waals surface area contributed by atoms with Crippen LogP contribution in [0.1, 0.15) is 32.6 Å². The molecule has 2 aliphatic rings. The third-order valence-electron chi connectivity index (χ3n) is 4.18. The van der Waals surface area contributed by atoms with E-state index in [1.165, 1.54) is 25.7 Å². The van der Waals surface area contributed by atoms with Gasteiger partial charge < -0.3 is 10.4 Å². The van der Waals surface area contributed by atoms with Crippen LogP contribution in [0.3, 0.4) is 0 Å². The monoisotopic (exact) mass is 237 g/mol. The molecule has 0 aliphatic heterocycles. The van der Waals surface area contributed by atoms with Crippen LogP contribution in [0.15, 0.2) is 12.2 Å². The second-order valence-corrected chi connectivity index (χ2v) is 5.31. The Morgan fingerprint density at radius 3 is 2.59 bits per heavy atom. The molecule has 17 heavy (non-hydrogen) atoms. The summed E-state index contributed by atoms with van der Waals surface area (Å²) in [6.07, 6.45) is 7.14. The summed E-state index contributed by atoms with van der Waals surface area (Å²) in [6, 6.07) is 0.149. The van der Waals surface area contributed by atoms with Crippen LogP contribution in [0.5, 0.6) is 0 Å². The van der Waals surface area contributed by atoms with Gasteiger partial charge in [0.05, 0.1) is 0 Å². The van der Waals surface area contributed by atoms with Gasteiger partial charge in [0.2, 0.25) is 5.91 Å². The Balaban J connectivity index is 1.83. The molecule has 0 saturated heterocycles. The molecule has 0 spiro atoms. The van der Waals surface area contributed by atoms with Crippen molar-refractivity contribution in [3.05, 3.63) is 12.2 Å². The number of carboxylic acid groups (broad SMARTS) is 1. The first kappa shape index (κ1) is 12.1. The van der Waals surface area contributed by atoms with Crippen LogP contribution in [-0.2, 0) is 9.59 Å². The zero-order valence-electron chi connectivity index (χ0n) is 10.1. The Labute approximate surface area is 101 Å². The summed E-state index contributed by atoms with van der Waals surface area (Å²) < 4.78 is 0. The summed E-state index contributed by atoms with van der Waals surface area (Å²) in [5.74, 6) is 0.809. The molecule has 4 heteroatoms. The molecule has 0 aromatic carbocycles. The van der Waals surface area contributed by atoms with Gasteiger partial charge in [-0.1, -0.05) is 6.42 Å². The average Bonchev–Trinajstić information content (AvgIpc) is 2.87. The topological polar surface area (TPSA) is 66.4 Å². The number of nitrogens with one attached hydrogen (secondary N) is 1. The van der Waals surface area contributed by atoms with Crippen LogP contribution in [0.2, 0.25) is 0 Å². The van der Waals surface area contributed by atoms with Gasteiger partial charge in [-0.15, -0.1) is 0 Å². The Hall–Kier alpha value is -1.32. The molecule has 2 aliphatic carbocycles. The molecule has 0 aromatic heterocycles. The summed E-state index contributed by atoms with van der Waals surface area (Å²) in [7, 11) is 0. The minimum absolute atomic E-state index is 0.149. The number of carbonyl (C=O) groups excluding carboxylic acids is 1. The standard InChI is InChI=1S/C13H19NO3/c1-8(14-12(15)4-5-13(16)17)11-7-9-2-3-10(11)6-9/h4-5,8-11H,2-3,6-7H2,1H3,(H,14,15)(H,16,17). The van der Waals surface area contributed by atoms with Gasteiger partial charge in [-0.2, -0.15) is 0 Å². The fourth-order valence-corrected chi connectivity index (χ4v) is 3.43. The van der Waals surface area contributed by atoms with Gasteiger partial charge in [0.1, 0.15) is 0 Å². The van der Waals surface area contributed by atoms with E-state index in [0.717, 1.165) is 24.0 Å². The third kappa shape index (κ3) is 2.87. The third-order valence-corrected chi connectivity index (χ3v) is 4.18. The van der Waals surface area contributed by atoms with Crippen LogP contribution >= 0.6 is 0 Å². The summed E-state index contributed by atoms with van der Waals surface area (Å²) in [5.41, 5.74) is 0. The van der Waals surface area contributed by atoms with Crippen LogP contribution in [0, 0.1) is 17.8 Å². The van der Waals surface area contributed by atoms with Crippen molar-refractivity contribution in [3.63, 3.8) is 0 Å². The molecule has 0 heterocycles. The number of carbonyl (C=O) groups is 2. The molecule has 94 valence electrons. The van der Waals surface area contributed by atoms with Gasteiger partial charge in [0.25, 0.3) is 0 Å². The summed E-state index contributed by atoms with van der Waals surface area (Å²) in [6.45, 7) is 2.03. The minimum Gasteiger partial charge on any atom is -0.478 e. The first-order valence-electron chi connectivity index (χ1n) is 6.27. The van der Waals surface area contributed by atoms with E-state index < -0.39 is 5.97 Å². The maximum absolute atomic E-state index is 11.5. The number of hydrogen-bond acceptors (Lipinski definition) is 2. The lowest BCUT2D eigenvalue weighted by molar-refractivity contribution is -0.131. The van der Waals surface area contributed by atoms with E-state index in [-0.39, 0.29) is 11.9 Å². The van der Waals surface area contributed by atoms with Crippen molar-refractivity contribution in [1.29, 1.82) is 0 Å². The maximum Gasteiger partial charge on any atom is 0.328 e. The Morgan fingerprint density at radius 1 is 1.29 bits per heavy atom. The highest BCUT2D eigenvalue weighted by Crippen LogP contribution is 2.49. The predicted octanol–water partition coefficient (Wildman–Crippen LogP) is 1.57. The van der Waals surface area contributed by atoms with Gasteiger partial charge in [-0.3, -0.25) is 4.79 Å². The normalized spacial score (nSPS) is 32.9. The number of hydrogen-bond donors (Lipinski definition) is 2. The fraction of sp³-hybridized carbons (Fsp3) is 0.692. The highest BCUT2D eigenvalue weighted by molar-refractivity contribution is 5.93. The molecule has 1 amide bonds. The zero-order chi connectivity index (χ0) is 12.4. The highest BCUT2D eigenvalue weighted by atomic mass is 16.4. The fourth-order valence-electron chi connectivity index (χ4n) is 3.43. The van der Waals surface area contributed by atoms with Gasteiger partial charge in [-0.05, 0) is 43.9 Å². The second kappa shape index (κ2) is 4.90. The molecule has 4 atom stereocenters. The highest BCUT2D eigenvalue weighted by Gasteiger charge is 2.41. The zero-order valence-corrected chi connectivity index (χ0v) is 10.1. The molecule has 0 aromatic rings. The first-order chi connectivity index (χ1) is 8.06. The van der Waals surface area contributed by atoms with Crippen molar-refractivity contribution >= 4 is 11.9 Å². The van der Waals surface area contributed by atoms with Crippen molar-refractivity contribution in [2.45, 2.75) is 38.6 Å². The van der Waals surface area contributed by atoms with E-state index in [0.29, 0.717) is 5.92 Å². The molecular weight excluding hydrogens is 218 g/mol. The van der Waals surface area contributed by atoms with Crippen molar-refractivity contribution in [2.75, 3.05) is 0 Å². The van der Waals surface area contributed by atoms with Crippen molar-refractivity contribution in [1.82, 2.24) is 5.32 Å². The number of rotatable bonds is 4. The van der Waals surface area contributed by atoms with Gasteiger partial charge in [0, 0.05) is 18.2 Å². The van der Waals surface area contributed by atoms with E-state index >= 15 is 0 Å². The van der Waals surface area contributed by atoms with Crippen LogP contribution in [0.4, 0.5) is 0 Å². The quantitative estimate of drug-likeness (QED) is 0.729. The molecule has 2 fully saturated rings. The molecule has 4 unspecified atom stereocenters. The Kier molecular flexibility index (Phi) is 3.50. The number of carboxylic acids is 1. The van der Waals surface area contributed by atoms with Crippen LogP contribution in [0.25, 0.3) is 0 Å². The number of amides is 1. The second-order valence-electron chi connectivity index (χ2n) is 5.31. The molecule has 2 bridgehead atoms. The van der Waals surface area contributed by atoms with Gasteiger partial charge in [-0.25, -0.2) is 4.79 Å². The average molecular weight is 237 g/mol. The molecule has 2 saturated carbocycles. The van der Waals surface area contributed by atoms with Crippen molar-refractivity contribution in [2.24, 2.45) is 17.8 Å². The largest absolute Gasteiger partial charge is 0.478 e. The SMILES string of the molecule is CC(NC(=O)C=CC(=O)O)C1CC2CCC1C2. The molecule has 4 nitrogen and oxygen atoms in total. The van der Waals surface area contributed by atoms with Crippen molar-refractivity contribution in [3.8, 4) is 0 Å². The van der Waals surface area contributed by atoms with Crippen LogP contribution < -0.4 is 5.32 Å². The summed E-state index contributed by atoms with van der Waals surface area (Å²) in [5, 5.41) is 11.3. The van der Waals surface area contributed by atoms with Gasteiger partial charge in [0.15, 0.2) is 0 Å². The lowest BCUT2D eigenvalue weighted by Gasteiger charge is -2.28.